The third kappa shape index (κ3) is 3.06. The van der Waals surface area contributed by atoms with E-state index in [0.29, 0.717) is 0 Å². The fourth-order valence-electron chi connectivity index (χ4n) is 1.32. The second-order valence-corrected chi connectivity index (χ2v) is 6.54. The number of hydrogen-bond acceptors (Lipinski definition) is 4. The summed E-state index contributed by atoms with van der Waals surface area (Å²) < 4.78 is 26.4. The quantitative estimate of drug-likeness (QED) is 0.908. The Morgan fingerprint density at radius 3 is 2.58 bits per heavy atom. The van der Waals surface area contributed by atoms with Crippen LogP contribution >= 0.6 is 22.9 Å². The second kappa shape index (κ2) is 5.20. The summed E-state index contributed by atoms with van der Waals surface area (Å²) in [7, 11) is -3.84. The van der Waals surface area contributed by atoms with E-state index < -0.39 is 16.0 Å². The van der Waals surface area contributed by atoms with Crippen molar-refractivity contribution in [3.63, 3.8) is 0 Å². The molecule has 0 radical (unpaired) electrons. The Balaban J connectivity index is 2.32. The van der Waals surface area contributed by atoms with Crippen molar-refractivity contribution >= 4 is 44.6 Å². The first-order valence-electron chi connectivity index (χ1n) is 4.99. The number of anilines is 1. The molecule has 0 spiro atoms. The Bertz CT molecular complexity index is 724. The highest BCUT2D eigenvalue weighted by molar-refractivity contribution is 7.92. The lowest BCUT2D eigenvalue weighted by atomic mass is 10.3. The summed E-state index contributed by atoms with van der Waals surface area (Å²) >= 11 is 6.70. The van der Waals surface area contributed by atoms with Gasteiger partial charge in [0.05, 0.1) is 15.6 Å². The third-order valence-corrected chi connectivity index (χ3v) is 4.96. The Morgan fingerprint density at radius 2 is 2.00 bits per heavy atom. The number of benzene rings is 1. The van der Waals surface area contributed by atoms with Crippen LogP contribution < -0.4 is 4.72 Å². The van der Waals surface area contributed by atoms with Gasteiger partial charge in [0.1, 0.15) is 4.88 Å². The number of carbonyl (C=O) groups is 1. The SMILES string of the molecule is O=C(O)c1cc(S(=O)(=O)Nc2ccccc2Cl)cs1. The summed E-state index contributed by atoms with van der Waals surface area (Å²) in [5, 5.41) is 10.3. The monoisotopic (exact) mass is 317 g/mol. The number of aromatic carboxylic acids is 1. The van der Waals surface area contributed by atoms with Crippen molar-refractivity contribution in [2.24, 2.45) is 0 Å². The van der Waals surface area contributed by atoms with Crippen LogP contribution in [0.5, 0.6) is 0 Å². The van der Waals surface area contributed by atoms with E-state index in [2.05, 4.69) is 4.72 Å². The van der Waals surface area contributed by atoms with Gasteiger partial charge in [-0.25, -0.2) is 13.2 Å². The van der Waals surface area contributed by atoms with Crippen LogP contribution in [-0.4, -0.2) is 19.5 Å². The standard InChI is InChI=1S/C11H8ClNO4S2/c12-8-3-1-2-4-9(8)13-19(16,17)7-5-10(11(14)15)18-6-7/h1-6,13H,(H,14,15). The van der Waals surface area contributed by atoms with Gasteiger partial charge in [0.15, 0.2) is 0 Å². The lowest BCUT2D eigenvalue weighted by Gasteiger charge is -2.07. The van der Waals surface area contributed by atoms with Crippen LogP contribution in [-0.2, 0) is 10.0 Å². The van der Waals surface area contributed by atoms with Gasteiger partial charge in [-0.1, -0.05) is 23.7 Å². The molecule has 1 aromatic heterocycles. The predicted octanol–water partition coefficient (Wildman–Crippen LogP) is 2.90. The smallest absolute Gasteiger partial charge is 0.345 e. The van der Waals surface area contributed by atoms with E-state index in [1.807, 2.05) is 0 Å². The van der Waals surface area contributed by atoms with Crippen LogP contribution in [0, 0.1) is 0 Å². The molecule has 0 atom stereocenters. The van der Waals surface area contributed by atoms with Gasteiger partial charge in [-0.05, 0) is 18.2 Å². The highest BCUT2D eigenvalue weighted by atomic mass is 35.5. The van der Waals surface area contributed by atoms with E-state index >= 15 is 0 Å². The molecule has 0 fully saturated rings. The molecule has 0 amide bonds. The van der Waals surface area contributed by atoms with Crippen LogP contribution in [0.4, 0.5) is 5.69 Å². The zero-order valence-corrected chi connectivity index (χ0v) is 11.7. The fourth-order valence-corrected chi connectivity index (χ4v) is 3.75. The molecule has 1 aromatic carbocycles. The molecule has 0 saturated carbocycles. The average molecular weight is 318 g/mol. The molecule has 0 bridgehead atoms. The zero-order valence-electron chi connectivity index (χ0n) is 9.33. The minimum absolute atomic E-state index is 0.0421. The van der Waals surface area contributed by atoms with Crippen molar-refractivity contribution in [3.8, 4) is 0 Å². The summed E-state index contributed by atoms with van der Waals surface area (Å²) in [6, 6.07) is 7.49. The van der Waals surface area contributed by atoms with E-state index in [9.17, 15) is 13.2 Å². The molecule has 2 aromatic rings. The minimum atomic E-state index is -3.84. The molecule has 1 heterocycles. The van der Waals surface area contributed by atoms with Crippen LogP contribution in [0.15, 0.2) is 40.6 Å². The molecule has 100 valence electrons. The van der Waals surface area contributed by atoms with Gasteiger partial charge in [0, 0.05) is 5.38 Å². The molecule has 0 saturated heterocycles. The first-order valence-corrected chi connectivity index (χ1v) is 7.73. The van der Waals surface area contributed by atoms with Gasteiger partial charge in [0.2, 0.25) is 0 Å². The molecular formula is C11H8ClNO4S2. The lowest BCUT2D eigenvalue weighted by Crippen LogP contribution is -2.12. The molecular weight excluding hydrogens is 310 g/mol. The van der Waals surface area contributed by atoms with E-state index in [4.69, 9.17) is 16.7 Å². The van der Waals surface area contributed by atoms with E-state index in [1.54, 1.807) is 18.2 Å². The second-order valence-electron chi connectivity index (χ2n) is 3.54. The summed E-state index contributed by atoms with van der Waals surface area (Å²) in [5.41, 5.74) is 0.243. The van der Waals surface area contributed by atoms with Gasteiger partial charge >= 0.3 is 5.97 Å². The molecule has 2 N–H and O–H groups in total. The number of halogens is 1. The molecule has 19 heavy (non-hydrogen) atoms. The number of rotatable bonds is 4. The van der Waals surface area contributed by atoms with Crippen LogP contribution in [0.1, 0.15) is 9.67 Å². The normalized spacial score (nSPS) is 11.2. The molecule has 0 aliphatic heterocycles. The molecule has 2 rings (SSSR count). The third-order valence-electron chi connectivity index (χ3n) is 2.21. The highest BCUT2D eigenvalue weighted by Gasteiger charge is 2.19. The Kier molecular flexibility index (Phi) is 3.79. The Hall–Kier alpha value is -1.57. The van der Waals surface area contributed by atoms with Crippen molar-refractivity contribution in [1.29, 1.82) is 0 Å². The molecule has 0 aliphatic rings. The van der Waals surface area contributed by atoms with Gasteiger partial charge in [-0.3, -0.25) is 4.72 Å². The summed E-state index contributed by atoms with van der Waals surface area (Å²) in [6.07, 6.45) is 0. The number of thiophene rings is 1. The number of carboxylic acid groups (broad SMARTS) is 1. The van der Waals surface area contributed by atoms with E-state index in [-0.39, 0.29) is 20.5 Å². The summed E-state index contributed by atoms with van der Waals surface area (Å²) in [6.45, 7) is 0. The fraction of sp³-hybridized carbons (Fsp3) is 0. The van der Waals surface area contributed by atoms with Crippen molar-refractivity contribution in [3.05, 3.63) is 45.6 Å². The van der Waals surface area contributed by atoms with Crippen LogP contribution in [0.3, 0.4) is 0 Å². The number of carboxylic acids is 1. The maximum absolute atomic E-state index is 12.0. The minimum Gasteiger partial charge on any atom is -0.477 e. The number of sulfonamides is 1. The molecule has 8 heteroatoms. The first-order chi connectivity index (χ1) is 8.90. The van der Waals surface area contributed by atoms with Crippen molar-refractivity contribution in [2.75, 3.05) is 4.72 Å². The lowest BCUT2D eigenvalue weighted by molar-refractivity contribution is 0.0702. The number of nitrogens with one attached hydrogen (secondary N) is 1. The Labute approximate surface area is 118 Å². The first kappa shape index (κ1) is 13.9. The molecule has 5 nitrogen and oxygen atoms in total. The Morgan fingerprint density at radius 1 is 1.32 bits per heavy atom. The van der Waals surface area contributed by atoms with Gasteiger partial charge in [0.25, 0.3) is 10.0 Å². The van der Waals surface area contributed by atoms with Gasteiger partial charge < -0.3 is 5.11 Å². The van der Waals surface area contributed by atoms with Crippen molar-refractivity contribution in [2.45, 2.75) is 4.90 Å². The largest absolute Gasteiger partial charge is 0.477 e. The predicted molar refractivity (Wildman–Crippen MR) is 73.5 cm³/mol. The summed E-state index contributed by atoms with van der Waals surface area (Å²) in [4.78, 5) is 10.6. The summed E-state index contributed by atoms with van der Waals surface area (Å²) in [5.74, 6) is -1.16. The molecule has 0 unspecified atom stereocenters. The van der Waals surface area contributed by atoms with Crippen LogP contribution in [0.2, 0.25) is 5.02 Å². The maximum atomic E-state index is 12.0. The van der Waals surface area contributed by atoms with Crippen molar-refractivity contribution in [1.82, 2.24) is 0 Å². The van der Waals surface area contributed by atoms with Gasteiger partial charge in [-0.2, -0.15) is 0 Å². The van der Waals surface area contributed by atoms with Crippen molar-refractivity contribution < 1.29 is 18.3 Å². The van der Waals surface area contributed by atoms with E-state index in [0.717, 1.165) is 17.4 Å². The zero-order chi connectivity index (χ0) is 14.0. The topological polar surface area (TPSA) is 83.5 Å². The van der Waals surface area contributed by atoms with Crippen LogP contribution in [0.25, 0.3) is 0 Å². The van der Waals surface area contributed by atoms with E-state index in [1.165, 1.54) is 11.4 Å². The number of hydrogen-bond donors (Lipinski definition) is 2. The number of para-hydroxylation sites is 1. The van der Waals surface area contributed by atoms with Gasteiger partial charge in [-0.15, -0.1) is 11.3 Å². The molecule has 0 aliphatic carbocycles. The highest BCUT2D eigenvalue weighted by Crippen LogP contribution is 2.26. The maximum Gasteiger partial charge on any atom is 0.345 e. The average Bonchev–Trinajstić information content (AvgIpc) is 2.82.